The Labute approximate surface area is 200 Å². The van der Waals surface area contributed by atoms with Crippen LogP contribution < -0.4 is 10.2 Å². The Morgan fingerprint density at radius 2 is 1.76 bits per heavy atom. The summed E-state index contributed by atoms with van der Waals surface area (Å²) in [5, 5.41) is 2.99. The first-order valence-electron chi connectivity index (χ1n) is 12.2. The van der Waals surface area contributed by atoms with Crippen LogP contribution in [0.4, 0.5) is 10.1 Å². The van der Waals surface area contributed by atoms with Crippen LogP contribution in [0.3, 0.4) is 0 Å². The van der Waals surface area contributed by atoms with Gasteiger partial charge in [0, 0.05) is 56.3 Å². The second-order valence-electron chi connectivity index (χ2n) is 9.79. The van der Waals surface area contributed by atoms with E-state index in [1.165, 1.54) is 12.1 Å². The number of rotatable bonds is 3. The molecule has 2 amide bonds. The van der Waals surface area contributed by atoms with Crippen LogP contribution in [-0.2, 0) is 9.53 Å². The molecule has 0 radical (unpaired) electrons. The van der Waals surface area contributed by atoms with Gasteiger partial charge in [-0.25, -0.2) is 4.39 Å². The number of benzene rings is 2. The maximum atomic E-state index is 13.5. The van der Waals surface area contributed by atoms with E-state index in [9.17, 15) is 14.0 Å². The van der Waals surface area contributed by atoms with Crippen molar-refractivity contribution in [1.29, 1.82) is 0 Å². The highest BCUT2D eigenvalue weighted by Crippen LogP contribution is 2.49. The number of hydrogen-bond donors (Lipinski definition) is 1. The summed E-state index contributed by atoms with van der Waals surface area (Å²) < 4.78 is 19.0. The van der Waals surface area contributed by atoms with Gasteiger partial charge in [-0.05, 0) is 60.6 Å². The van der Waals surface area contributed by atoms with Gasteiger partial charge in [-0.1, -0.05) is 18.2 Å². The average Bonchev–Trinajstić information content (AvgIpc) is 2.86. The van der Waals surface area contributed by atoms with Crippen molar-refractivity contribution >= 4 is 17.5 Å². The van der Waals surface area contributed by atoms with E-state index < -0.39 is 0 Å². The first kappa shape index (κ1) is 22.8. The lowest BCUT2D eigenvalue weighted by Crippen LogP contribution is -2.53. The number of anilines is 1. The Morgan fingerprint density at radius 3 is 2.47 bits per heavy atom. The molecule has 0 aromatic heterocycles. The van der Waals surface area contributed by atoms with Gasteiger partial charge >= 0.3 is 0 Å². The van der Waals surface area contributed by atoms with Crippen LogP contribution in [0.5, 0.6) is 0 Å². The number of halogens is 1. The fourth-order valence-electron chi connectivity index (χ4n) is 5.96. The Balaban J connectivity index is 1.33. The number of likely N-dealkylation sites (tertiary alicyclic amines) is 1. The second kappa shape index (κ2) is 9.37. The number of piperidine rings is 2. The zero-order valence-corrected chi connectivity index (χ0v) is 19.7. The Kier molecular flexibility index (Phi) is 6.30. The molecule has 3 fully saturated rings. The molecule has 2 aromatic rings. The minimum absolute atomic E-state index is 0.0565. The maximum absolute atomic E-state index is 13.5. The second-order valence-corrected chi connectivity index (χ2v) is 9.79. The molecule has 3 aliphatic heterocycles. The molecule has 1 unspecified atom stereocenters. The lowest BCUT2D eigenvalue weighted by Gasteiger charge is -2.49. The molecule has 3 aliphatic rings. The van der Waals surface area contributed by atoms with E-state index in [0.29, 0.717) is 39.3 Å². The molecule has 1 N–H and O–H groups in total. The molecule has 0 saturated carbocycles. The van der Waals surface area contributed by atoms with Crippen molar-refractivity contribution < 1.29 is 18.7 Å². The predicted molar refractivity (Wildman–Crippen MR) is 129 cm³/mol. The van der Waals surface area contributed by atoms with Gasteiger partial charge in [0.2, 0.25) is 5.91 Å². The number of nitrogens with zero attached hydrogens (tertiary/aromatic N) is 2. The summed E-state index contributed by atoms with van der Waals surface area (Å²) in [5.41, 5.74) is 3.70. The number of carbonyl (C=O) groups excluding carboxylic acids is 2. The van der Waals surface area contributed by atoms with Gasteiger partial charge in [-0.15, -0.1) is 0 Å². The highest BCUT2D eigenvalue weighted by Gasteiger charge is 2.47. The maximum Gasteiger partial charge on any atom is 0.254 e. The third kappa shape index (κ3) is 4.29. The third-order valence-electron chi connectivity index (χ3n) is 7.96. The van der Waals surface area contributed by atoms with E-state index in [-0.39, 0.29) is 29.0 Å². The molecule has 1 spiro atoms. The van der Waals surface area contributed by atoms with Crippen LogP contribution >= 0.6 is 0 Å². The first-order chi connectivity index (χ1) is 16.5. The summed E-state index contributed by atoms with van der Waals surface area (Å²) in [6.07, 6.45) is 1.97. The Hall–Kier alpha value is -2.93. The minimum Gasteiger partial charge on any atom is -0.378 e. The monoisotopic (exact) mass is 465 g/mol. The highest BCUT2D eigenvalue weighted by atomic mass is 19.1. The minimum atomic E-state index is -0.257. The zero-order chi connectivity index (χ0) is 23.7. The molecule has 0 aliphatic carbocycles. The quantitative estimate of drug-likeness (QED) is 0.754. The number of amides is 2. The summed E-state index contributed by atoms with van der Waals surface area (Å²) in [6.45, 7) is 6.88. The van der Waals surface area contributed by atoms with Crippen molar-refractivity contribution in [2.45, 2.75) is 32.1 Å². The van der Waals surface area contributed by atoms with E-state index in [2.05, 4.69) is 16.3 Å². The van der Waals surface area contributed by atoms with Crippen molar-refractivity contribution in [2.24, 2.45) is 5.41 Å². The van der Waals surface area contributed by atoms with E-state index in [1.54, 1.807) is 0 Å². The highest BCUT2D eigenvalue weighted by molar-refractivity contribution is 5.97. The van der Waals surface area contributed by atoms with Crippen LogP contribution in [0.15, 0.2) is 42.5 Å². The van der Waals surface area contributed by atoms with Crippen molar-refractivity contribution in [2.75, 3.05) is 50.8 Å². The predicted octanol–water partition coefficient (Wildman–Crippen LogP) is 3.50. The third-order valence-corrected chi connectivity index (χ3v) is 7.96. The summed E-state index contributed by atoms with van der Waals surface area (Å²) >= 11 is 0. The molecule has 3 saturated heterocycles. The molecule has 0 bridgehead atoms. The Bertz CT molecular complexity index is 1060. The topological polar surface area (TPSA) is 61.9 Å². The summed E-state index contributed by atoms with van der Waals surface area (Å²) in [6, 6.07) is 12.6. The number of hydrogen-bond acceptors (Lipinski definition) is 4. The molecule has 2 aromatic carbocycles. The van der Waals surface area contributed by atoms with Crippen LogP contribution in [0.25, 0.3) is 0 Å². The SMILES string of the molecule is Cc1c(C(=O)N2CCC3(CC2)CC(=O)NCC3c2ccc(F)cc2)cccc1N1CCOCC1. The van der Waals surface area contributed by atoms with E-state index >= 15 is 0 Å². The van der Waals surface area contributed by atoms with Gasteiger partial charge in [0.05, 0.1) is 13.2 Å². The van der Waals surface area contributed by atoms with E-state index in [4.69, 9.17) is 4.74 Å². The number of carbonyl (C=O) groups is 2. The number of ether oxygens (including phenoxy) is 1. The van der Waals surface area contributed by atoms with Gasteiger partial charge < -0.3 is 19.9 Å². The summed E-state index contributed by atoms with van der Waals surface area (Å²) in [5.74, 6) is -0.0181. The molecular formula is C27H32FN3O3. The lowest BCUT2D eigenvalue weighted by molar-refractivity contribution is -0.127. The van der Waals surface area contributed by atoms with Crippen molar-refractivity contribution in [3.63, 3.8) is 0 Å². The van der Waals surface area contributed by atoms with Crippen LogP contribution in [0.2, 0.25) is 0 Å². The lowest BCUT2D eigenvalue weighted by atomic mass is 9.62. The standard InChI is InChI=1S/C27H32FN3O3/c1-19-22(3-2-4-24(19)30-13-15-34-16-14-30)26(33)31-11-9-27(10-12-31)17-25(32)29-18-23(27)20-5-7-21(28)8-6-20/h2-8,23H,9-18H2,1H3,(H,29,32). The fraction of sp³-hybridized carbons (Fsp3) is 0.481. The van der Waals surface area contributed by atoms with Crippen molar-refractivity contribution in [3.8, 4) is 0 Å². The molecule has 180 valence electrons. The van der Waals surface area contributed by atoms with Gasteiger partial charge in [-0.2, -0.15) is 0 Å². The summed E-state index contributed by atoms with van der Waals surface area (Å²) in [4.78, 5) is 30.1. The number of nitrogens with one attached hydrogen (secondary N) is 1. The first-order valence-corrected chi connectivity index (χ1v) is 12.2. The fourth-order valence-corrected chi connectivity index (χ4v) is 5.96. The van der Waals surface area contributed by atoms with Gasteiger partial charge in [-0.3, -0.25) is 9.59 Å². The molecule has 1 atom stereocenters. The van der Waals surface area contributed by atoms with E-state index in [0.717, 1.165) is 48.3 Å². The molecule has 6 nitrogen and oxygen atoms in total. The normalized spacial score (nSPS) is 22.5. The van der Waals surface area contributed by atoms with E-state index in [1.807, 2.05) is 36.1 Å². The Morgan fingerprint density at radius 1 is 1.06 bits per heavy atom. The molecular weight excluding hydrogens is 433 g/mol. The van der Waals surface area contributed by atoms with Gasteiger partial charge in [0.25, 0.3) is 5.91 Å². The average molecular weight is 466 g/mol. The number of morpholine rings is 1. The molecule has 3 heterocycles. The zero-order valence-electron chi connectivity index (χ0n) is 19.7. The smallest absolute Gasteiger partial charge is 0.254 e. The van der Waals surface area contributed by atoms with Crippen LogP contribution in [-0.4, -0.2) is 62.7 Å². The molecule has 7 heteroatoms. The summed E-state index contributed by atoms with van der Waals surface area (Å²) in [7, 11) is 0. The van der Waals surface area contributed by atoms with Crippen molar-refractivity contribution in [3.05, 3.63) is 65.0 Å². The van der Waals surface area contributed by atoms with Gasteiger partial charge in [0.1, 0.15) is 5.82 Å². The van der Waals surface area contributed by atoms with Crippen molar-refractivity contribution in [1.82, 2.24) is 10.2 Å². The van der Waals surface area contributed by atoms with Crippen LogP contribution in [0.1, 0.15) is 46.7 Å². The van der Waals surface area contributed by atoms with Gasteiger partial charge in [0.15, 0.2) is 0 Å². The molecule has 34 heavy (non-hydrogen) atoms. The molecule has 5 rings (SSSR count). The van der Waals surface area contributed by atoms with Crippen LogP contribution in [0, 0.1) is 18.2 Å². The largest absolute Gasteiger partial charge is 0.378 e.